The molecule has 7 nitrogen and oxygen atoms in total. The molecule has 0 saturated heterocycles. The summed E-state index contributed by atoms with van der Waals surface area (Å²) in [6.07, 6.45) is 0. The number of aryl methyl sites for hydroxylation is 3. The van der Waals surface area contributed by atoms with E-state index in [-0.39, 0.29) is 5.91 Å². The van der Waals surface area contributed by atoms with Crippen LogP contribution in [0.4, 0.5) is 5.82 Å². The molecule has 7 heteroatoms. The van der Waals surface area contributed by atoms with Gasteiger partial charge in [-0.05, 0) is 57.6 Å². The van der Waals surface area contributed by atoms with Gasteiger partial charge in [-0.25, -0.2) is 9.97 Å². The van der Waals surface area contributed by atoms with E-state index in [4.69, 9.17) is 0 Å². The Morgan fingerprint density at radius 1 is 0.966 bits per heavy atom. The minimum absolute atomic E-state index is 0.190. The highest BCUT2D eigenvalue weighted by atomic mass is 16.1. The first-order chi connectivity index (χ1) is 13.9. The molecule has 0 aliphatic carbocycles. The molecule has 0 radical (unpaired) electrons. The topological polar surface area (TPSA) is 75.9 Å². The molecular formula is C22H28N6O. The van der Waals surface area contributed by atoms with Crippen molar-refractivity contribution in [2.24, 2.45) is 0 Å². The molecule has 0 aliphatic rings. The van der Waals surface area contributed by atoms with Gasteiger partial charge in [-0.1, -0.05) is 26.0 Å². The van der Waals surface area contributed by atoms with Crippen LogP contribution in [0.15, 0.2) is 36.4 Å². The third kappa shape index (κ3) is 5.06. The van der Waals surface area contributed by atoms with Gasteiger partial charge in [0, 0.05) is 29.6 Å². The van der Waals surface area contributed by atoms with Crippen molar-refractivity contribution in [3.63, 3.8) is 0 Å². The second-order valence-electron chi connectivity index (χ2n) is 7.15. The zero-order valence-corrected chi connectivity index (χ0v) is 17.7. The van der Waals surface area contributed by atoms with Gasteiger partial charge in [0.25, 0.3) is 11.9 Å². The van der Waals surface area contributed by atoms with Gasteiger partial charge < -0.3 is 5.32 Å². The normalized spacial score (nSPS) is 11.1. The second kappa shape index (κ2) is 8.96. The number of hydrogen-bond acceptors (Lipinski definition) is 5. The first-order valence-corrected chi connectivity index (χ1v) is 9.91. The van der Waals surface area contributed by atoms with Crippen LogP contribution >= 0.6 is 0 Å². The van der Waals surface area contributed by atoms with Crippen LogP contribution in [-0.2, 0) is 6.54 Å². The standard InChI is InChI=1S/C22H28N6O/c1-6-27(7-2)14-18-8-10-19(11-9-18)21(29)25-20-13-17(5)26-28(20)22-23-15(3)12-16(4)24-22/h8-13H,6-7,14H2,1-5H3,(H,25,29). The smallest absolute Gasteiger partial charge is 0.256 e. The molecule has 2 heterocycles. The Hall–Kier alpha value is -3.06. The lowest BCUT2D eigenvalue weighted by atomic mass is 10.1. The molecule has 152 valence electrons. The maximum Gasteiger partial charge on any atom is 0.256 e. The average molecular weight is 393 g/mol. The number of nitrogens with zero attached hydrogens (tertiary/aromatic N) is 5. The van der Waals surface area contributed by atoms with Crippen molar-refractivity contribution in [3.8, 4) is 5.95 Å². The van der Waals surface area contributed by atoms with Crippen molar-refractivity contribution >= 4 is 11.7 Å². The second-order valence-corrected chi connectivity index (χ2v) is 7.15. The lowest BCUT2D eigenvalue weighted by Crippen LogP contribution is -2.22. The molecule has 0 bridgehead atoms. The van der Waals surface area contributed by atoms with Crippen LogP contribution in [0.1, 0.15) is 46.9 Å². The van der Waals surface area contributed by atoms with Gasteiger partial charge in [-0.3, -0.25) is 9.69 Å². The SMILES string of the molecule is CCN(CC)Cc1ccc(C(=O)Nc2cc(C)nn2-c2nc(C)cc(C)n2)cc1. The number of aromatic nitrogens is 4. The lowest BCUT2D eigenvalue weighted by Gasteiger charge is -2.18. The van der Waals surface area contributed by atoms with E-state index >= 15 is 0 Å². The van der Waals surface area contributed by atoms with Crippen LogP contribution in [0.3, 0.4) is 0 Å². The summed E-state index contributed by atoms with van der Waals surface area (Å²) in [5.41, 5.74) is 4.26. The van der Waals surface area contributed by atoms with Crippen molar-refractivity contribution in [1.82, 2.24) is 24.6 Å². The average Bonchev–Trinajstić information content (AvgIpc) is 3.06. The highest BCUT2D eigenvalue weighted by molar-refractivity contribution is 6.03. The molecule has 0 unspecified atom stereocenters. The summed E-state index contributed by atoms with van der Waals surface area (Å²) in [7, 11) is 0. The van der Waals surface area contributed by atoms with E-state index in [1.54, 1.807) is 4.68 Å². The minimum Gasteiger partial charge on any atom is -0.306 e. The van der Waals surface area contributed by atoms with Crippen LogP contribution < -0.4 is 5.32 Å². The summed E-state index contributed by atoms with van der Waals surface area (Å²) in [6.45, 7) is 12.9. The first kappa shape index (κ1) is 20.7. The molecule has 0 fully saturated rings. The van der Waals surface area contributed by atoms with Crippen molar-refractivity contribution in [2.45, 2.75) is 41.2 Å². The van der Waals surface area contributed by atoms with Crippen LogP contribution in [0.5, 0.6) is 0 Å². The van der Waals surface area contributed by atoms with Gasteiger partial charge in [-0.15, -0.1) is 0 Å². The van der Waals surface area contributed by atoms with Crippen molar-refractivity contribution in [2.75, 3.05) is 18.4 Å². The molecule has 1 N–H and O–H groups in total. The Kier molecular flexibility index (Phi) is 6.39. The van der Waals surface area contributed by atoms with Crippen molar-refractivity contribution in [1.29, 1.82) is 0 Å². The quantitative estimate of drug-likeness (QED) is 0.664. The summed E-state index contributed by atoms with van der Waals surface area (Å²) in [4.78, 5) is 24.0. The zero-order chi connectivity index (χ0) is 21.0. The van der Waals surface area contributed by atoms with E-state index in [9.17, 15) is 4.79 Å². The van der Waals surface area contributed by atoms with Gasteiger partial charge in [0.2, 0.25) is 0 Å². The summed E-state index contributed by atoms with van der Waals surface area (Å²) in [5, 5.41) is 7.39. The fourth-order valence-electron chi connectivity index (χ4n) is 3.20. The minimum atomic E-state index is -0.190. The van der Waals surface area contributed by atoms with E-state index in [2.05, 4.69) is 39.1 Å². The number of carbonyl (C=O) groups excluding carboxylic acids is 1. The maximum absolute atomic E-state index is 12.8. The number of anilines is 1. The molecule has 2 aromatic heterocycles. The third-order valence-corrected chi connectivity index (χ3v) is 4.75. The van der Waals surface area contributed by atoms with Gasteiger partial charge in [0.15, 0.2) is 0 Å². The Morgan fingerprint density at radius 3 is 2.17 bits per heavy atom. The number of hydrogen-bond donors (Lipinski definition) is 1. The maximum atomic E-state index is 12.8. The van der Waals surface area contributed by atoms with Gasteiger partial charge in [0.05, 0.1) is 5.69 Å². The molecule has 1 aromatic carbocycles. The van der Waals surface area contributed by atoms with E-state index in [0.29, 0.717) is 17.3 Å². The van der Waals surface area contributed by atoms with Crippen LogP contribution in [0.25, 0.3) is 5.95 Å². The third-order valence-electron chi connectivity index (χ3n) is 4.75. The molecule has 1 amide bonds. The van der Waals surface area contributed by atoms with Gasteiger partial charge >= 0.3 is 0 Å². The van der Waals surface area contributed by atoms with E-state index < -0.39 is 0 Å². The number of amides is 1. The Bertz CT molecular complexity index is 969. The molecule has 29 heavy (non-hydrogen) atoms. The lowest BCUT2D eigenvalue weighted by molar-refractivity contribution is 0.102. The zero-order valence-electron chi connectivity index (χ0n) is 17.7. The summed E-state index contributed by atoms with van der Waals surface area (Å²) in [6, 6.07) is 11.4. The predicted molar refractivity (Wildman–Crippen MR) is 114 cm³/mol. The largest absolute Gasteiger partial charge is 0.306 e. The first-order valence-electron chi connectivity index (χ1n) is 9.91. The monoisotopic (exact) mass is 392 g/mol. The van der Waals surface area contributed by atoms with Gasteiger partial charge in [-0.2, -0.15) is 9.78 Å². The number of benzene rings is 1. The summed E-state index contributed by atoms with van der Waals surface area (Å²) >= 11 is 0. The van der Waals surface area contributed by atoms with Crippen molar-refractivity contribution in [3.05, 3.63) is 64.6 Å². The van der Waals surface area contributed by atoms with E-state index in [0.717, 1.165) is 36.7 Å². The molecule has 3 aromatic rings. The molecular weight excluding hydrogens is 364 g/mol. The Labute approximate surface area is 171 Å². The number of nitrogens with one attached hydrogen (secondary N) is 1. The predicted octanol–water partition coefficient (Wildman–Crippen LogP) is 3.68. The number of rotatable bonds is 7. The van der Waals surface area contributed by atoms with E-state index in [1.165, 1.54) is 5.56 Å². The molecule has 0 spiro atoms. The fourth-order valence-corrected chi connectivity index (χ4v) is 3.20. The highest BCUT2D eigenvalue weighted by Gasteiger charge is 2.15. The summed E-state index contributed by atoms with van der Waals surface area (Å²) < 4.78 is 1.57. The molecule has 0 aliphatic heterocycles. The highest BCUT2D eigenvalue weighted by Crippen LogP contribution is 2.17. The molecule has 0 atom stereocenters. The van der Waals surface area contributed by atoms with Crippen LogP contribution in [0, 0.1) is 20.8 Å². The number of carbonyl (C=O) groups is 1. The Morgan fingerprint density at radius 2 is 1.59 bits per heavy atom. The van der Waals surface area contributed by atoms with Gasteiger partial charge in [0.1, 0.15) is 5.82 Å². The van der Waals surface area contributed by atoms with E-state index in [1.807, 2.05) is 57.2 Å². The summed E-state index contributed by atoms with van der Waals surface area (Å²) in [5.74, 6) is 0.801. The van der Waals surface area contributed by atoms with Crippen molar-refractivity contribution < 1.29 is 4.79 Å². The Balaban J connectivity index is 1.79. The fraction of sp³-hybridized carbons (Fsp3) is 0.364. The van der Waals surface area contributed by atoms with Crippen LogP contribution in [-0.4, -0.2) is 43.6 Å². The molecule has 0 saturated carbocycles. The molecule has 3 rings (SSSR count). The van der Waals surface area contributed by atoms with Crippen LogP contribution in [0.2, 0.25) is 0 Å².